The highest BCUT2D eigenvalue weighted by Crippen LogP contribution is 2.39. The quantitative estimate of drug-likeness (QED) is 0.559. The van der Waals surface area contributed by atoms with E-state index in [9.17, 15) is 31.2 Å². The highest BCUT2D eigenvalue weighted by molar-refractivity contribution is 7.90. The van der Waals surface area contributed by atoms with E-state index in [-0.39, 0.29) is 16.3 Å². The summed E-state index contributed by atoms with van der Waals surface area (Å²) in [4.78, 5) is 29.2. The third-order valence-electron chi connectivity index (χ3n) is 4.95. The second-order valence-electron chi connectivity index (χ2n) is 7.42. The molecule has 0 unspecified atom stereocenters. The average molecular weight is 499 g/mol. The molecule has 2 N–H and O–H groups in total. The minimum Gasteiger partial charge on any atom is -0.346 e. The van der Waals surface area contributed by atoms with Gasteiger partial charge in [0.15, 0.2) is 5.13 Å². The molecule has 0 aliphatic carbocycles. The van der Waals surface area contributed by atoms with Crippen LogP contribution < -0.4 is 14.9 Å². The van der Waals surface area contributed by atoms with Crippen molar-refractivity contribution in [1.82, 2.24) is 9.71 Å². The highest BCUT2D eigenvalue weighted by atomic mass is 32.2. The number of aromatic nitrogens is 1. The van der Waals surface area contributed by atoms with Crippen LogP contribution in [0.3, 0.4) is 0 Å². The summed E-state index contributed by atoms with van der Waals surface area (Å²) < 4.78 is 65.8. The number of carbonyl (C=O) groups is 2. The van der Waals surface area contributed by atoms with E-state index in [0.29, 0.717) is 28.6 Å². The van der Waals surface area contributed by atoms with Gasteiger partial charge in [-0.25, -0.2) is 18.1 Å². The van der Waals surface area contributed by atoms with E-state index < -0.39 is 33.6 Å². The van der Waals surface area contributed by atoms with Crippen LogP contribution in [0.1, 0.15) is 12.5 Å². The van der Waals surface area contributed by atoms with Crippen LogP contribution in [0.2, 0.25) is 0 Å². The van der Waals surface area contributed by atoms with Gasteiger partial charge in [-0.3, -0.25) is 9.59 Å². The number of sulfonamides is 1. The minimum atomic E-state index is -4.50. The van der Waals surface area contributed by atoms with Crippen molar-refractivity contribution in [1.29, 1.82) is 0 Å². The molecule has 2 heterocycles. The Bertz CT molecular complexity index is 1330. The second kappa shape index (κ2) is 8.30. The predicted molar refractivity (Wildman–Crippen MR) is 116 cm³/mol. The molecular formula is C20H17F3N4O4S2. The number of anilines is 2. The molecule has 1 saturated heterocycles. The number of hydrogen-bond acceptors (Lipinski definition) is 7. The van der Waals surface area contributed by atoms with Crippen LogP contribution in [0.25, 0.3) is 10.2 Å². The number of fused-ring (bicyclic) bond motifs is 1. The summed E-state index contributed by atoms with van der Waals surface area (Å²) in [6, 6.07) is 9.22. The lowest BCUT2D eigenvalue weighted by Gasteiger charge is -2.37. The van der Waals surface area contributed by atoms with E-state index in [1.54, 1.807) is 11.0 Å². The first-order valence-corrected chi connectivity index (χ1v) is 11.9. The molecule has 0 saturated carbocycles. The van der Waals surface area contributed by atoms with E-state index in [1.165, 1.54) is 30.3 Å². The fourth-order valence-electron chi connectivity index (χ4n) is 3.31. The number of thiazole rings is 1. The van der Waals surface area contributed by atoms with E-state index >= 15 is 0 Å². The molecule has 0 radical (unpaired) electrons. The monoisotopic (exact) mass is 498 g/mol. The molecule has 1 aliphatic rings. The number of para-hydroxylation sites is 1. The molecule has 33 heavy (non-hydrogen) atoms. The van der Waals surface area contributed by atoms with E-state index in [1.807, 2.05) is 4.72 Å². The summed E-state index contributed by atoms with van der Waals surface area (Å²) in [5.74, 6) is -1.42. The number of halogens is 3. The van der Waals surface area contributed by atoms with Crippen LogP contribution in [0.15, 0.2) is 47.4 Å². The van der Waals surface area contributed by atoms with Gasteiger partial charge in [0.05, 0.1) is 26.6 Å². The van der Waals surface area contributed by atoms with Gasteiger partial charge in [-0.05, 0) is 36.4 Å². The zero-order valence-corrected chi connectivity index (χ0v) is 18.6. The van der Waals surface area contributed by atoms with Gasteiger partial charge >= 0.3 is 6.18 Å². The van der Waals surface area contributed by atoms with Crippen LogP contribution in [0.4, 0.5) is 24.0 Å². The van der Waals surface area contributed by atoms with Crippen LogP contribution in [-0.4, -0.2) is 38.3 Å². The lowest BCUT2D eigenvalue weighted by atomic mass is 10.00. The lowest BCUT2D eigenvalue weighted by Crippen LogP contribution is -2.52. The third-order valence-corrected chi connectivity index (χ3v) is 7.48. The number of hydrogen-bond donors (Lipinski definition) is 2. The molecule has 13 heteroatoms. The SMILES string of the molecule is CC(=O)NS(=O)(=O)c1ccc(NC(=O)C2CN(c3nc4c(C(F)(F)F)cccc4s3)C2)cc1. The average Bonchev–Trinajstić information content (AvgIpc) is 3.08. The Labute approximate surface area is 190 Å². The maximum atomic E-state index is 13.2. The zero-order chi connectivity index (χ0) is 24.0. The summed E-state index contributed by atoms with van der Waals surface area (Å²) in [6.45, 7) is 1.67. The van der Waals surface area contributed by atoms with Gasteiger partial charge in [0.25, 0.3) is 10.0 Å². The molecule has 0 bridgehead atoms. The Morgan fingerprint density at radius 3 is 2.39 bits per heavy atom. The van der Waals surface area contributed by atoms with Crippen LogP contribution in [-0.2, 0) is 25.8 Å². The first kappa shape index (κ1) is 23.0. The van der Waals surface area contributed by atoms with E-state index in [4.69, 9.17) is 0 Å². The van der Waals surface area contributed by atoms with Gasteiger partial charge < -0.3 is 10.2 Å². The lowest BCUT2D eigenvalue weighted by molar-refractivity contribution is -0.136. The van der Waals surface area contributed by atoms with Crippen LogP contribution in [0.5, 0.6) is 0 Å². The Hall–Kier alpha value is -3.19. The normalized spacial score (nSPS) is 14.7. The Morgan fingerprint density at radius 1 is 1.12 bits per heavy atom. The standard InChI is InChI=1S/C20H17F3N4O4S2/c1-11(28)26-33(30,31)14-7-5-13(6-8-14)24-18(29)12-9-27(10-12)19-25-17-15(20(21,22)23)3-2-4-16(17)32-19/h2-8,12H,9-10H2,1H3,(H,24,29)(H,26,28). The highest BCUT2D eigenvalue weighted by Gasteiger charge is 2.37. The van der Waals surface area contributed by atoms with Gasteiger partial charge in [0.2, 0.25) is 11.8 Å². The summed E-state index contributed by atoms with van der Waals surface area (Å²) in [6.07, 6.45) is -4.50. The molecule has 8 nitrogen and oxygen atoms in total. The summed E-state index contributed by atoms with van der Waals surface area (Å²) in [5, 5.41) is 3.09. The van der Waals surface area contributed by atoms with Crippen molar-refractivity contribution in [2.45, 2.75) is 18.0 Å². The number of nitrogens with zero attached hydrogens (tertiary/aromatic N) is 2. The largest absolute Gasteiger partial charge is 0.418 e. The first-order valence-electron chi connectivity index (χ1n) is 9.60. The van der Waals surface area contributed by atoms with Gasteiger partial charge in [0, 0.05) is 25.7 Å². The molecule has 174 valence electrons. The number of carbonyl (C=O) groups excluding carboxylic acids is 2. The smallest absolute Gasteiger partial charge is 0.346 e. The van der Waals surface area contributed by atoms with Crippen molar-refractivity contribution >= 4 is 54.2 Å². The van der Waals surface area contributed by atoms with Crippen LogP contribution >= 0.6 is 11.3 Å². The van der Waals surface area contributed by atoms with Crippen LogP contribution in [0, 0.1) is 5.92 Å². The van der Waals surface area contributed by atoms with Crippen molar-refractivity contribution in [3.05, 3.63) is 48.0 Å². The molecule has 1 fully saturated rings. The van der Waals surface area contributed by atoms with Crippen molar-refractivity contribution < 1.29 is 31.2 Å². The topological polar surface area (TPSA) is 108 Å². The molecular weight excluding hydrogens is 481 g/mol. The summed E-state index contributed by atoms with van der Waals surface area (Å²) in [5.41, 5.74) is -0.525. The molecule has 1 aromatic heterocycles. The predicted octanol–water partition coefficient (Wildman–Crippen LogP) is 3.21. The third kappa shape index (κ3) is 4.78. The van der Waals surface area contributed by atoms with E-state index in [2.05, 4.69) is 10.3 Å². The second-order valence-corrected chi connectivity index (χ2v) is 10.1. The number of benzene rings is 2. The minimum absolute atomic E-state index is 0.104. The summed E-state index contributed by atoms with van der Waals surface area (Å²) >= 11 is 1.13. The zero-order valence-electron chi connectivity index (χ0n) is 17.0. The number of alkyl halides is 3. The molecule has 3 aromatic rings. The Morgan fingerprint density at radius 2 is 1.79 bits per heavy atom. The van der Waals surface area contributed by atoms with Gasteiger partial charge in [0.1, 0.15) is 0 Å². The van der Waals surface area contributed by atoms with Crippen molar-refractivity contribution in [3.8, 4) is 0 Å². The maximum absolute atomic E-state index is 13.2. The molecule has 2 aromatic carbocycles. The number of nitrogens with one attached hydrogen (secondary N) is 2. The fraction of sp³-hybridized carbons (Fsp3) is 0.250. The Balaban J connectivity index is 1.39. The van der Waals surface area contributed by atoms with Crippen molar-refractivity contribution in [2.75, 3.05) is 23.3 Å². The molecule has 4 rings (SSSR count). The molecule has 0 spiro atoms. The number of rotatable bonds is 5. The Kier molecular flexibility index (Phi) is 5.78. The van der Waals surface area contributed by atoms with Crippen molar-refractivity contribution in [3.63, 3.8) is 0 Å². The number of amides is 2. The summed E-state index contributed by atoms with van der Waals surface area (Å²) in [7, 11) is -3.97. The van der Waals surface area contributed by atoms with Gasteiger partial charge in [-0.15, -0.1) is 0 Å². The van der Waals surface area contributed by atoms with Gasteiger partial charge in [-0.2, -0.15) is 13.2 Å². The van der Waals surface area contributed by atoms with E-state index in [0.717, 1.165) is 24.3 Å². The molecule has 0 atom stereocenters. The maximum Gasteiger partial charge on any atom is 0.418 e. The first-order chi connectivity index (χ1) is 15.4. The molecule has 1 aliphatic heterocycles. The molecule has 2 amide bonds. The fourth-order valence-corrected chi connectivity index (χ4v) is 5.31. The van der Waals surface area contributed by atoms with Gasteiger partial charge in [-0.1, -0.05) is 17.4 Å². The van der Waals surface area contributed by atoms with Crippen molar-refractivity contribution in [2.24, 2.45) is 5.92 Å².